The largest absolute Gasteiger partial charge is 0.496 e. The molecule has 0 spiro atoms. The van der Waals surface area contributed by atoms with Crippen LogP contribution in [0.4, 0.5) is 0 Å². The van der Waals surface area contributed by atoms with E-state index in [1.54, 1.807) is 18.9 Å². The maximum absolute atomic E-state index is 13.3. The summed E-state index contributed by atoms with van der Waals surface area (Å²) in [5, 5.41) is 3.40. The molecule has 5 heteroatoms. The average Bonchev–Trinajstić information content (AvgIpc) is 2.68. The maximum Gasteiger partial charge on any atom is 0.254 e. The molecule has 1 aliphatic rings. The highest BCUT2D eigenvalue weighted by molar-refractivity contribution is 7.98. The van der Waals surface area contributed by atoms with Gasteiger partial charge in [0.25, 0.3) is 5.91 Å². The van der Waals surface area contributed by atoms with Crippen molar-refractivity contribution in [2.75, 3.05) is 33.0 Å². The number of hydrogen-bond acceptors (Lipinski definition) is 4. The van der Waals surface area contributed by atoms with Crippen LogP contribution in [0.2, 0.25) is 0 Å². The quantitative estimate of drug-likeness (QED) is 0.851. The van der Waals surface area contributed by atoms with Crippen molar-refractivity contribution < 1.29 is 9.53 Å². The van der Waals surface area contributed by atoms with E-state index in [1.165, 1.54) is 0 Å². The van der Waals surface area contributed by atoms with Gasteiger partial charge in [-0.15, -0.1) is 11.8 Å². The Balaban J connectivity index is 1.97. The maximum atomic E-state index is 13.3. The molecule has 1 unspecified atom stereocenters. The molecule has 0 radical (unpaired) electrons. The fourth-order valence-corrected chi connectivity index (χ4v) is 3.72. The number of ether oxygens (including phenoxy) is 1. The minimum Gasteiger partial charge on any atom is -0.496 e. The number of benzene rings is 2. The van der Waals surface area contributed by atoms with Gasteiger partial charge < -0.3 is 15.0 Å². The molecule has 1 N–H and O–H groups in total. The number of methoxy groups -OCH3 is 1. The van der Waals surface area contributed by atoms with Gasteiger partial charge in [-0.25, -0.2) is 0 Å². The summed E-state index contributed by atoms with van der Waals surface area (Å²) in [6.45, 7) is 4.22. The fraction of sp³-hybridized carbons (Fsp3) is 0.350. The van der Waals surface area contributed by atoms with E-state index < -0.39 is 0 Å². The minimum atomic E-state index is -0.0327. The van der Waals surface area contributed by atoms with Crippen LogP contribution in [0.5, 0.6) is 5.75 Å². The second kappa shape index (κ2) is 7.93. The molecule has 132 valence electrons. The smallest absolute Gasteiger partial charge is 0.254 e. The first-order chi connectivity index (χ1) is 12.2. The summed E-state index contributed by atoms with van der Waals surface area (Å²) in [6, 6.07) is 14.0. The predicted molar refractivity (Wildman–Crippen MR) is 103 cm³/mol. The Morgan fingerprint density at radius 1 is 1.28 bits per heavy atom. The van der Waals surface area contributed by atoms with Crippen molar-refractivity contribution in [3.05, 3.63) is 59.2 Å². The molecule has 3 rings (SSSR count). The molecule has 1 aliphatic heterocycles. The number of aryl methyl sites for hydroxylation is 1. The Morgan fingerprint density at radius 3 is 2.84 bits per heavy atom. The Morgan fingerprint density at radius 2 is 2.08 bits per heavy atom. The van der Waals surface area contributed by atoms with Crippen LogP contribution in [0.3, 0.4) is 0 Å². The van der Waals surface area contributed by atoms with Gasteiger partial charge in [-0.1, -0.05) is 24.3 Å². The monoisotopic (exact) mass is 356 g/mol. The molecule has 25 heavy (non-hydrogen) atoms. The van der Waals surface area contributed by atoms with Crippen molar-refractivity contribution in [3.63, 3.8) is 0 Å². The average molecular weight is 356 g/mol. The normalized spacial score (nSPS) is 17.4. The minimum absolute atomic E-state index is 0.0327. The second-order valence-electron chi connectivity index (χ2n) is 6.14. The zero-order valence-electron chi connectivity index (χ0n) is 14.9. The van der Waals surface area contributed by atoms with E-state index in [9.17, 15) is 4.79 Å². The fourth-order valence-electron chi connectivity index (χ4n) is 3.28. The van der Waals surface area contributed by atoms with Crippen molar-refractivity contribution in [2.24, 2.45) is 0 Å². The van der Waals surface area contributed by atoms with Crippen molar-refractivity contribution >= 4 is 17.7 Å². The molecule has 1 atom stereocenters. The summed E-state index contributed by atoms with van der Waals surface area (Å²) < 4.78 is 5.52. The van der Waals surface area contributed by atoms with E-state index >= 15 is 0 Å². The Bertz CT molecular complexity index is 763. The zero-order valence-corrected chi connectivity index (χ0v) is 15.7. The molecule has 1 saturated heterocycles. The van der Waals surface area contributed by atoms with Gasteiger partial charge in [-0.2, -0.15) is 0 Å². The zero-order chi connectivity index (χ0) is 17.8. The highest BCUT2D eigenvalue weighted by atomic mass is 32.2. The van der Waals surface area contributed by atoms with Crippen LogP contribution in [0, 0.1) is 6.92 Å². The molecule has 0 bridgehead atoms. The van der Waals surface area contributed by atoms with Crippen LogP contribution in [0.25, 0.3) is 0 Å². The van der Waals surface area contributed by atoms with E-state index in [-0.39, 0.29) is 11.9 Å². The number of para-hydroxylation sites is 1. The number of nitrogens with one attached hydrogen (secondary N) is 1. The summed E-state index contributed by atoms with van der Waals surface area (Å²) in [7, 11) is 1.67. The molecule has 0 aliphatic carbocycles. The van der Waals surface area contributed by atoms with Gasteiger partial charge in [-0.3, -0.25) is 4.79 Å². The Hall–Kier alpha value is -1.98. The lowest BCUT2D eigenvalue weighted by Gasteiger charge is -2.37. The molecule has 0 aromatic heterocycles. The summed E-state index contributed by atoms with van der Waals surface area (Å²) in [5.74, 6) is 0.911. The Kier molecular flexibility index (Phi) is 5.66. The van der Waals surface area contributed by atoms with Crippen LogP contribution in [0.1, 0.15) is 27.5 Å². The van der Waals surface area contributed by atoms with Gasteiger partial charge in [0.05, 0.1) is 13.2 Å². The van der Waals surface area contributed by atoms with Gasteiger partial charge in [0, 0.05) is 35.7 Å². The second-order valence-corrected chi connectivity index (χ2v) is 7.02. The van der Waals surface area contributed by atoms with E-state index in [0.717, 1.165) is 40.4 Å². The number of rotatable bonds is 4. The molecule has 2 aromatic rings. The molecule has 1 fully saturated rings. The van der Waals surface area contributed by atoms with Gasteiger partial charge in [-0.05, 0) is 36.9 Å². The van der Waals surface area contributed by atoms with Crippen LogP contribution in [0.15, 0.2) is 47.4 Å². The molecular formula is C20H24N2O2S. The number of carbonyl (C=O) groups is 1. The van der Waals surface area contributed by atoms with Crippen LogP contribution < -0.4 is 10.1 Å². The third kappa shape index (κ3) is 3.67. The third-order valence-electron chi connectivity index (χ3n) is 4.68. The van der Waals surface area contributed by atoms with Crippen molar-refractivity contribution in [1.82, 2.24) is 10.2 Å². The van der Waals surface area contributed by atoms with Crippen molar-refractivity contribution in [2.45, 2.75) is 17.9 Å². The summed E-state index contributed by atoms with van der Waals surface area (Å²) in [4.78, 5) is 16.4. The lowest BCUT2D eigenvalue weighted by atomic mass is 9.99. The molecule has 2 aromatic carbocycles. The predicted octanol–water partition coefficient (Wildman–Crippen LogP) is 3.51. The van der Waals surface area contributed by atoms with E-state index in [1.807, 2.05) is 54.5 Å². The first kappa shape index (κ1) is 17.8. The topological polar surface area (TPSA) is 41.6 Å². The molecular weight excluding hydrogens is 332 g/mol. The number of carbonyl (C=O) groups excluding carboxylic acids is 1. The van der Waals surface area contributed by atoms with Crippen molar-refractivity contribution in [3.8, 4) is 5.75 Å². The molecule has 0 saturated carbocycles. The van der Waals surface area contributed by atoms with Crippen LogP contribution in [-0.2, 0) is 0 Å². The highest BCUT2D eigenvalue weighted by Gasteiger charge is 2.31. The molecule has 1 amide bonds. The van der Waals surface area contributed by atoms with E-state index in [0.29, 0.717) is 6.54 Å². The third-order valence-corrected chi connectivity index (χ3v) is 5.40. The number of amides is 1. The van der Waals surface area contributed by atoms with Crippen molar-refractivity contribution in [1.29, 1.82) is 0 Å². The Labute approximate surface area is 153 Å². The van der Waals surface area contributed by atoms with Gasteiger partial charge in [0.2, 0.25) is 0 Å². The highest BCUT2D eigenvalue weighted by Crippen LogP contribution is 2.32. The van der Waals surface area contributed by atoms with E-state index in [2.05, 4.69) is 11.4 Å². The first-order valence-corrected chi connectivity index (χ1v) is 9.67. The van der Waals surface area contributed by atoms with E-state index in [4.69, 9.17) is 4.74 Å². The van der Waals surface area contributed by atoms with Crippen LogP contribution in [-0.4, -0.2) is 43.8 Å². The first-order valence-electron chi connectivity index (χ1n) is 8.45. The lowest BCUT2D eigenvalue weighted by Crippen LogP contribution is -2.48. The summed E-state index contributed by atoms with van der Waals surface area (Å²) in [6.07, 6.45) is 2.03. The number of nitrogens with zero attached hydrogens (tertiary/aromatic N) is 1. The summed E-state index contributed by atoms with van der Waals surface area (Å²) >= 11 is 1.66. The SMILES string of the molecule is COc1ccccc1C1CNCCN1C(=O)c1cc(SC)ccc1C. The summed E-state index contributed by atoms with van der Waals surface area (Å²) in [5.41, 5.74) is 2.85. The van der Waals surface area contributed by atoms with Gasteiger partial charge >= 0.3 is 0 Å². The lowest BCUT2D eigenvalue weighted by molar-refractivity contribution is 0.0630. The standard InChI is InChI=1S/C20H24N2O2S/c1-14-8-9-15(25-3)12-17(14)20(23)22-11-10-21-13-18(22)16-6-4-5-7-19(16)24-2/h4-9,12,18,21H,10-11,13H2,1-3H3. The number of thioether (sulfide) groups is 1. The number of hydrogen-bond donors (Lipinski definition) is 1. The van der Waals surface area contributed by atoms with Gasteiger partial charge in [0.1, 0.15) is 5.75 Å². The van der Waals surface area contributed by atoms with Crippen LogP contribution >= 0.6 is 11.8 Å². The molecule has 4 nitrogen and oxygen atoms in total. The molecule has 1 heterocycles. The number of piperazine rings is 1. The van der Waals surface area contributed by atoms with Gasteiger partial charge in [0.15, 0.2) is 0 Å².